The Balaban J connectivity index is 1.51. The Bertz CT molecular complexity index is 1160. The van der Waals surface area contributed by atoms with E-state index in [2.05, 4.69) is 0 Å². The van der Waals surface area contributed by atoms with E-state index in [9.17, 15) is 9.59 Å². The van der Waals surface area contributed by atoms with Crippen molar-refractivity contribution in [3.63, 3.8) is 0 Å². The molecule has 5 nitrogen and oxygen atoms in total. The average Bonchev–Trinajstić information content (AvgIpc) is 3.05. The molecule has 3 aromatic rings. The number of hydrogen-bond acceptors (Lipinski definition) is 3. The molecule has 0 spiro atoms. The Labute approximate surface area is 195 Å². The molecule has 0 N–H and O–H groups in total. The van der Waals surface area contributed by atoms with Crippen LogP contribution in [0.15, 0.2) is 66.7 Å². The first kappa shape index (κ1) is 22.6. The van der Waals surface area contributed by atoms with Crippen molar-refractivity contribution in [2.45, 2.75) is 46.8 Å². The van der Waals surface area contributed by atoms with Gasteiger partial charge in [0.05, 0.1) is 6.54 Å². The van der Waals surface area contributed by atoms with Crippen molar-refractivity contribution in [1.29, 1.82) is 0 Å². The monoisotopic (exact) mass is 442 g/mol. The Kier molecular flexibility index (Phi) is 5.98. The van der Waals surface area contributed by atoms with E-state index in [1.807, 2.05) is 101 Å². The SMILES string of the molecule is Cc1cc(CN2C(=O)CN(c3ccc(-c4ccccc4)cc3)C2=O)cc(C)c1OC(C)(C)C. The molecule has 1 saturated heterocycles. The highest BCUT2D eigenvalue weighted by molar-refractivity contribution is 6.12. The number of nitrogens with zero attached hydrogens (tertiary/aromatic N) is 2. The van der Waals surface area contributed by atoms with Crippen molar-refractivity contribution in [3.8, 4) is 16.9 Å². The Hall–Kier alpha value is -3.60. The van der Waals surface area contributed by atoms with Crippen LogP contribution in [0.5, 0.6) is 5.75 Å². The van der Waals surface area contributed by atoms with E-state index in [-0.39, 0.29) is 30.6 Å². The van der Waals surface area contributed by atoms with Crippen molar-refractivity contribution in [2.24, 2.45) is 0 Å². The normalized spacial score (nSPS) is 14.2. The molecular formula is C28H30N2O3. The average molecular weight is 443 g/mol. The second-order valence-electron chi connectivity index (χ2n) is 9.53. The summed E-state index contributed by atoms with van der Waals surface area (Å²) in [6.07, 6.45) is 0. The number of urea groups is 1. The number of benzene rings is 3. The van der Waals surface area contributed by atoms with Crippen LogP contribution in [0.25, 0.3) is 11.1 Å². The van der Waals surface area contributed by atoms with Crippen molar-refractivity contribution in [1.82, 2.24) is 4.90 Å². The van der Waals surface area contributed by atoms with Gasteiger partial charge in [-0.15, -0.1) is 0 Å². The van der Waals surface area contributed by atoms with Crippen LogP contribution in [0, 0.1) is 13.8 Å². The number of aryl methyl sites for hydroxylation is 2. The first-order valence-corrected chi connectivity index (χ1v) is 11.2. The molecular weight excluding hydrogens is 412 g/mol. The Morgan fingerprint density at radius 1 is 0.848 bits per heavy atom. The fraction of sp³-hybridized carbons (Fsp3) is 0.286. The molecule has 0 aromatic heterocycles. The molecule has 33 heavy (non-hydrogen) atoms. The summed E-state index contributed by atoms with van der Waals surface area (Å²) >= 11 is 0. The number of ether oxygens (including phenoxy) is 1. The molecule has 0 unspecified atom stereocenters. The Morgan fingerprint density at radius 2 is 1.42 bits per heavy atom. The molecule has 0 bridgehead atoms. The first-order valence-electron chi connectivity index (χ1n) is 11.2. The lowest BCUT2D eigenvalue weighted by molar-refractivity contribution is -0.125. The maximum Gasteiger partial charge on any atom is 0.332 e. The van der Waals surface area contributed by atoms with E-state index in [4.69, 9.17) is 4.74 Å². The fourth-order valence-corrected chi connectivity index (χ4v) is 4.14. The topological polar surface area (TPSA) is 49.9 Å². The van der Waals surface area contributed by atoms with E-state index >= 15 is 0 Å². The van der Waals surface area contributed by atoms with Gasteiger partial charge in [-0.3, -0.25) is 14.6 Å². The zero-order chi connectivity index (χ0) is 23.8. The number of amides is 3. The minimum atomic E-state index is -0.297. The van der Waals surface area contributed by atoms with Gasteiger partial charge >= 0.3 is 6.03 Å². The van der Waals surface area contributed by atoms with Gasteiger partial charge in [0.15, 0.2) is 0 Å². The first-order chi connectivity index (χ1) is 15.6. The highest BCUT2D eigenvalue weighted by Crippen LogP contribution is 2.30. The summed E-state index contributed by atoms with van der Waals surface area (Å²) in [5, 5.41) is 0. The van der Waals surface area contributed by atoms with E-state index in [1.54, 1.807) is 0 Å². The van der Waals surface area contributed by atoms with Crippen LogP contribution in [0.3, 0.4) is 0 Å². The maximum atomic E-state index is 13.1. The fourth-order valence-electron chi connectivity index (χ4n) is 4.14. The minimum absolute atomic E-state index is 0.0483. The van der Waals surface area contributed by atoms with Gasteiger partial charge in [-0.05, 0) is 74.6 Å². The smallest absolute Gasteiger partial charge is 0.332 e. The molecule has 4 rings (SSSR count). The van der Waals surface area contributed by atoms with Gasteiger partial charge in [0.2, 0.25) is 0 Å². The van der Waals surface area contributed by atoms with Crippen molar-refractivity contribution in [3.05, 3.63) is 83.4 Å². The zero-order valence-electron chi connectivity index (χ0n) is 19.9. The summed E-state index contributed by atoms with van der Waals surface area (Å²) in [6, 6.07) is 21.5. The largest absolute Gasteiger partial charge is 0.488 e. The summed E-state index contributed by atoms with van der Waals surface area (Å²) in [5.74, 6) is 0.655. The molecule has 0 radical (unpaired) electrons. The van der Waals surface area contributed by atoms with E-state index in [0.717, 1.165) is 39.3 Å². The summed E-state index contributed by atoms with van der Waals surface area (Å²) < 4.78 is 6.09. The van der Waals surface area contributed by atoms with Crippen LogP contribution in [-0.4, -0.2) is 29.0 Å². The summed E-state index contributed by atoms with van der Waals surface area (Å²) in [7, 11) is 0. The number of carbonyl (C=O) groups is 2. The van der Waals surface area contributed by atoms with Crippen LogP contribution in [0.4, 0.5) is 10.5 Å². The number of rotatable bonds is 5. The van der Waals surface area contributed by atoms with Gasteiger partial charge in [-0.1, -0.05) is 54.6 Å². The summed E-state index contributed by atoms with van der Waals surface area (Å²) in [4.78, 5) is 28.7. The number of imide groups is 1. The van der Waals surface area contributed by atoms with Gasteiger partial charge in [0.1, 0.15) is 17.9 Å². The Morgan fingerprint density at radius 3 is 2.00 bits per heavy atom. The number of hydrogen-bond donors (Lipinski definition) is 0. The highest BCUT2D eigenvalue weighted by Gasteiger charge is 2.37. The molecule has 1 aliphatic heterocycles. The summed E-state index contributed by atoms with van der Waals surface area (Å²) in [6.45, 7) is 10.3. The lowest BCUT2D eigenvalue weighted by Crippen LogP contribution is -2.32. The molecule has 1 heterocycles. The molecule has 3 amide bonds. The minimum Gasteiger partial charge on any atom is -0.488 e. The van der Waals surface area contributed by atoms with Gasteiger partial charge in [0, 0.05) is 5.69 Å². The lowest BCUT2D eigenvalue weighted by atomic mass is 10.0. The van der Waals surface area contributed by atoms with Crippen LogP contribution in [-0.2, 0) is 11.3 Å². The van der Waals surface area contributed by atoms with E-state index in [0.29, 0.717) is 0 Å². The lowest BCUT2D eigenvalue weighted by Gasteiger charge is -2.25. The summed E-state index contributed by atoms with van der Waals surface area (Å²) in [5.41, 5.74) is 5.50. The molecule has 0 atom stereocenters. The predicted molar refractivity (Wildman–Crippen MR) is 131 cm³/mol. The quantitative estimate of drug-likeness (QED) is 0.448. The van der Waals surface area contributed by atoms with Crippen LogP contribution in [0.2, 0.25) is 0 Å². The molecule has 3 aromatic carbocycles. The highest BCUT2D eigenvalue weighted by atomic mass is 16.5. The van der Waals surface area contributed by atoms with Gasteiger partial charge in [0.25, 0.3) is 5.91 Å². The second-order valence-corrected chi connectivity index (χ2v) is 9.53. The zero-order valence-corrected chi connectivity index (χ0v) is 19.9. The third kappa shape index (κ3) is 4.92. The standard InChI is InChI=1S/C28H30N2O3/c1-19-15-21(16-20(2)26(19)33-28(3,4)5)17-30-25(31)18-29(27(30)32)24-13-11-23(12-14-24)22-9-7-6-8-10-22/h6-16H,17-18H2,1-5H3. The van der Waals surface area contributed by atoms with Crippen molar-refractivity contribution in [2.75, 3.05) is 11.4 Å². The molecule has 170 valence electrons. The van der Waals surface area contributed by atoms with Gasteiger partial charge < -0.3 is 4.74 Å². The van der Waals surface area contributed by atoms with Crippen LogP contribution < -0.4 is 9.64 Å². The third-order valence-electron chi connectivity index (χ3n) is 5.61. The van der Waals surface area contributed by atoms with Crippen LogP contribution >= 0.6 is 0 Å². The molecule has 1 fully saturated rings. The molecule has 1 aliphatic rings. The van der Waals surface area contributed by atoms with Gasteiger partial charge in [-0.25, -0.2) is 4.79 Å². The van der Waals surface area contributed by atoms with E-state index in [1.165, 1.54) is 9.80 Å². The molecule has 0 aliphatic carbocycles. The number of anilines is 1. The molecule has 5 heteroatoms. The van der Waals surface area contributed by atoms with E-state index < -0.39 is 0 Å². The molecule has 0 saturated carbocycles. The van der Waals surface area contributed by atoms with Crippen LogP contribution in [0.1, 0.15) is 37.5 Å². The van der Waals surface area contributed by atoms with Gasteiger partial charge in [-0.2, -0.15) is 0 Å². The predicted octanol–water partition coefficient (Wildman–Crippen LogP) is 6.12. The van der Waals surface area contributed by atoms with Crippen molar-refractivity contribution < 1.29 is 14.3 Å². The third-order valence-corrected chi connectivity index (χ3v) is 5.61. The number of carbonyl (C=O) groups excluding carboxylic acids is 2. The van der Waals surface area contributed by atoms with Crippen molar-refractivity contribution >= 4 is 17.6 Å². The maximum absolute atomic E-state index is 13.1. The second kappa shape index (κ2) is 8.74.